The molecule has 2 aliphatic rings. The van der Waals surface area contributed by atoms with Crippen LogP contribution < -0.4 is 16.0 Å². The maximum absolute atomic E-state index is 12.9. The summed E-state index contributed by atoms with van der Waals surface area (Å²) >= 11 is 6.48. The highest BCUT2D eigenvalue weighted by molar-refractivity contribution is 6.33. The third-order valence-electron chi connectivity index (χ3n) is 7.28. The Balaban J connectivity index is 1.20. The Kier molecular flexibility index (Phi) is 7.23. The molecule has 0 bridgehead atoms. The summed E-state index contributed by atoms with van der Waals surface area (Å²) in [4.78, 5) is 36.9. The van der Waals surface area contributed by atoms with Crippen LogP contribution in [0, 0.1) is 5.92 Å². The highest BCUT2D eigenvalue weighted by Crippen LogP contribution is 2.33. The molecule has 0 saturated heterocycles. The Morgan fingerprint density at radius 2 is 1.86 bits per heavy atom. The number of hydrogen-bond donors (Lipinski definition) is 4. The van der Waals surface area contributed by atoms with Crippen molar-refractivity contribution >= 4 is 40.3 Å². The minimum absolute atomic E-state index is 0.0421. The van der Waals surface area contributed by atoms with Crippen LogP contribution in [-0.4, -0.2) is 44.9 Å². The second-order valence-corrected chi connectivity index (χ2v) is 10.2. The first-order valence-electron chi connectivity index (χ1n) is 12.6. The summed E-state index contributed by atoms with van der Waals surface area (Å²) in [7, 11) is 0. The number of benzene rings is 1. The second kappa shape index (κ2) is 10.7. The van der Waals surface area contributed by atoms with Gasteiger partial charge in [-0.1, -0.05) is 36.4 Å². The van der Waals surface area contributed by atoms with Crippen LogP contribution in [0.5, 0.6) is 0 Å². The van der Waals surface area contributed by atoms with E-state index >= 15 is 0 Å². The summed E-state index contributed by atoms with van der Waals surface area (Å²) < 4.78 is 0. The summed E-state index contributed by atoms with van der Waals surface area (Å²) in [5, 5.41) is 11.2. The standard InChI is InChI=1S/C27H31ClN6O2/c1-2-24(35)31-19-11-10-16(12-19)26(36)32-17-6-5-7-18(13-17)33-27-30-15-22(28)25(34-27)21-14-29-23-9-4-3-8-20(21)23/h2-4,8-9,14-19,29H,1,5-7,10-13H2,(H,31,35)(H,32,36)(H,30,33,34)/t16?,17-,18+,19+/m0/s1. The first-order chi connectivity index (χ1) is 17.5. The van der Waals surface area contributed by atoms with Crippen LogP contribution >= 0.6 is 11.6 Å². The summed E-state index contributed by atoms with van der Waals surface area (Å²) in [6.45, 7) is 3.49. The number of halogens is 1. The number of anilines is 1. The van der Waals surface area contributed by atoms with Crippen molar-refractivity contribution in [2.75, 3.05) is 5.32 Å². The number of carbonyl (C=O) groups excluding carboxylic acids is 2. The Hall–Kier alpha value is -3.39. The van der Waals surface area contributed by atoms with Crippen molar-refractivity contribution in [3.8, 4) is 11.3 Å². The first kappa shape index (κ1) is 24.3. The number of nitrogens with zero attached hydrogens (tertiary/aromatic N) is 2. The van der Waals surface area contributed by atoms with Crippen molar-refractivity contribution < 1.29 is 9.59 Å². The monoisotopic (exact) mass is 506 g/mol. The van der Waals surface area contributed by atoms with Gasteiger partial charge in [-0.2, -0.15) is 0 Å². The van der Waals surface area contributed by atoms with Crippen LogP contribution in [0.4, 0.5) is 5.95 Å². The van der Waals surface area contributed by atoms with E-state index in [2.05, 4.69) is 32.5 Å². The zero-order chi connectivity index (χ0) is 25.1. The summed E-state index contributed by atoms with van der Waals surface area (Å²) in [6.07, 6.45) is 10.9. The fraction of sp³-hybridized carbons (Fsp3) is 0.407. The van der Waals surface area contributed by atoms with Crippen molar-refractivity contribution in [2.45, 2.75) is 63.1 Å². The van der Waals surface area contributed by atoms with Gasteiger partial charge >= 0.3 is 0 Å². The van der Waals surface area contributed by atoms with Gasteiger partial charge in [-0.25, -0.2) is 9.97 Å². The molecular weight excluding hydrogens is 476 g/mol. The van der Waals surface area contributed by atoms with Gasteiger partial charge in [0.1, 0.15) is 0 Å². The van der Waals surface area contributed by atoms with E-state index in [4.69, 9.17) is 16.6 Å². The lowest BCUT2D eigenvalue weighted by molar-refractivity contribution is -0.126. The highest BCUT2D eigenvalue weighted by Gasteiger charge is 2.32. The van der Waals surface area contributed by atoms with E-state index < -0.39 is 0 Å². The average Bonchev–Trinajstić information content (AvgIpc) is 3.53. The predicted octanol–water partition coefficient (Wildman–Crippen LogP) is 4.59. The number of nitrogens with one attached hydrogen (secondary N) is 4. The molecule has 4 N–H and O–H groups in total. The summed E-state index contributed by atoms with van der Waals surface area (Å²) in [5.74, 6) is 0.375. The number of aromatic nitrogens is 3. The second-order valence-electron chi connectivity index (χ2n) is 9.77. The van der Waals surface area contributed by atoms with Crippen molar-refractivity contribution in [3.05, 3.63) is 54.3 Å². The number of hydrogen-bond acceptors (Lipinski definition) is 5. The Morgan fingerprint density at radius 3 is 2.72 bits per heavy atom. The molecule has 2 aromatic heterocycles. The zero-order valence-corrected chi connectivity index (χ0v) is 20.9. The lowest BCUT2D eigenvalue weighted by Crippen LogP contribution is -2.44. The van der Waals surface area contributed by atoms with E-state index in [0.29, 0.717) is 23.1 Å². The fourth-order valence-electron chi connectivity index (χ4n) is 5.46. The van der Waals surface area contributed by atoms with E-state index in [9.17, 15) is 9.59 Å². The topological polar surface area (TPSA) is 112 Å². The van der Waals surface area contributed by atoms with Gasteiger partial charge in [-0.15, -0.1) is 0 Å². The first-order valence-corrected chi connectivity index (χ1v) is 13.0. The largest absolute Gasteiger partial charge is 0.360 e. The molecule has 36 heavy (non-hydrogen) atoms. The molecule has 2 amide bonds. The third kappa shape index (κ3) is 5.38. The molecule has 1 aromatic carbocycles. The number of rotatable bonds is 7. The van der Waals surface area contributed by atoms with Crippen molar-refractivity contribution in [2.24, 2.45) is 5.92 Å². The van der Waals surface area contributed by atoms with Crippen LogP contribution in [0.25, 0.3) is 22.2 Å². The molecule has 5 rings (SSSR count). The Bertz CT molecular complexity index is 1270. The van der Waals surface area contributed by atoms with Crippen molar-refractivity contribution in [1.82, 2.24) is 25.6 Å². The van der Waals surface area contributed by atoms with Crippen LogP contribution in [0.1, 0.15) is 44.9 Å². The van der Waals surface area contributed by atoms with Gasteiger partial charge in [-0.05, 0) is 57.1 Å². The minimum atomic E-state index is -0.181. The molecule has 0 aliphatic heterocycles. The lowest BCUT2D eigenvalue weighted by atomic mass is 9.90. The van der Waals surface area contributed by atoms with Crippen LogP contribution in [-0.2, 0) is 9.59 Å². The van der Waals surface area contributed by atoms with Crippen LogP contribution in [0.15, 0.2) is 49.3 Å². The van der Waals surface area contributed by atoms with Crippen LogP contribution in [0.2, 0.25) is 5.02 Å². The van der Waals surface area contributed by atoms with Gasteiger partial charge in [-0.3, -0.25) is 9.59 Å². The lowest BCUT2D eigenvalue weighted by Gasteiger charge is -2.31. The van der Waals surface area contributed by atoms with E-state index in [1.54, 1.807) is 6.20 Å². The van der Waals surface area contributed by atoms with Gasteiger partial charge in [0.2, 0.25) is 17.8 Å². The van der Waals surface area contributed by atoms with Crippen molar-refractivity contribution in [1.29, 1.82) is 0 Å². The van der Waals surface area contributed by atoms with Gasteiger partial charge < -0.3 is 20.9 Å². The number of aromatic amines is 1. The minimum Gasteiger partial charge on any atom is -0.360 e. The number of H-pyrrole nitrogens is 1. The molecular formula is C27H31ClN6O2. The summed E-state index contributed by atoms with van der Waals surface area (Å²) in [6, 6.07) is 8.35. The molecule has 4 atom stereocenters. The molecule has 3 aromatic rings. The fourth-order valence-corrected chi connectivity index (χ4v) is 5.65. The maximum atomic E-state index is 12.9. The predicted molar refractivity (Wildman–Crippen MR) is 142 cm³/mol. The van der Waals surface area contributed by atoms with E-state index in [-0.39, 0.29) is 35.9 Å². The molecule has 0 radical (unpaired) electrons. The van der Waals surface area contributed by atoms with Gasteiger partial charge in [0, 0.05) is 46.7 Å². The van der Waals surface area contributed by atoms with Gasteiger partial charge in [0.25, 0.3) is 0 Å². The molecule has 2 fully saturated rings. The van der Waals surface area contributed by atoms with E-state index in [1.165, 1.54) is 6.08 Å². The smallest absolute Gasteiger partial charge is 0.243 e. The number of carbonyl (C=O) groups is 2. The third-order valence-corrected chi connectivity index (χ3v) is 7.55. The van der Waals surface area contributed by atoms with Gasteiger partial charge in [0.15, 0.2) is 0 Å². The average molecular weight is 507 g/mol. The molecule has 9 heteroatoms. The molecule has 8 nitrogen and oxygen atoms in total. The number of fused-ring (bicyclic) bond motifs is 1. The molecule has 2 aliphatic carbocycles. The van der Waals surface area contributed by atoms with E-state index in [0.717, 1.165) is 55.0 Å². The van der Waals surface area contributed by atoms with E-state index in [1.807, 2.05) is 30.5 Å². The quantitative estimate of drug-likeness (QED) is 0.350. The maximum Gasteiger partial charge on any atom is 0.243 e. The Labute approximate surface area is 215 Å². The van der Waals surface area contributed by atoms with Crippen molar-refractivity contribution in [3.63, 3.8) is 0 Å². The molecule has 188 valence electrons. The normalized spacial score (nSPS) is 23.8. The number of amides is 2. The molecule has 2 saturated carbocycles. The molecule has 0 spiro atoms. The molecule has 2 heterocycles. The molecule has 1 unspecified atom stereocenters. The number of para-hydroxylation sites is 1. The highest BCUT2D eigenvalue weighted by atomic mass is 35.5. The summed E-state index contributed by atoms with van der Waals surface area (Å²) in [5.41, 5.74) is 2.65. The van der Waals surface area contributed by atoms with Gasteiger partial charge in [0.05, 0.1) is 16.9 Å². The van der Waals surface area contributed by atoms with Crippen LogP contribution in [0.3, 0.4) is 0 Å². The zero-order valence-electron chi connectivity index (χ0n) is 20.1. The SMILES string of the molecule is C=CC(=O)N[C@@H]1CCC(C(=O)N[C@H]2CCC[C@@H](Nc3ncc(Cl)c(-c4c[nH]c5ccccc45)n3)C2)C1. The Morgan fingerprint density at radius 1 is 1.06 bits per heavy atom.